The first kappa shape index (κ1) is 20.9. The lowest BCUT2D eigenvalue weighted by Gasteiger charge is -2.57. The smallest absolute Gasteiger partial charge is 0.182 e. The van der Waals surface area contributed by atoms with Crippen LogP contribution in [0.25, 0.3) is 17.2 Å². The van der Waals surface area contributed by atoms with Gasteiger partial charge in [0.05, 0.1) is 42.0 Å². The Hall–Kier alpha value is -3.46. The molecule has 2 saturated heterocycles. The molecule has 3 aromatic rings. The number of likely N-dealkylation sites (tertiary alicyclic amines) is 1. The summed E-state index contributed by atoms with van der Waals surface area (Å²) in [4.78, 5) is 14.4. The molecule has 9 heteroatoms. The number of anilines is 1. The highest BCUT2D eigenvalue weighted by Gasteiger charge is 2.50. The minimum atomic E-state index is 0.266. The molecule has 35 heavy (non-hydrogen) atoms. The van der Waals surface area contributed by atoms with E-state index in [2.05, 4.69) is 67.5 Å². The Morgan fingerprint density at radius 2 is 1.94 bits per heavy atom. The van der Waals surface area contributed by atoms with E-state index in [1.807, 2.05) is 18.5 Å². The lowest BCUT2D eigenvalue weighted by Crippen LogP contribution is -2.65. The third-order valence-electron chi connectivity index (χ3n) is 7.50. The van der Waals surface area contributed by atoms with Gasteiger partial charge in [0.15, 0.2) is 5.82 Å². The number of aromatic nitrogens is 6. The number of hydrogen-bond acceptors (Lipinski definition) is 7. The lowest BCUT2D eigenvalue weighted by molar-refractivity contribution is -0.178. The SMILES string of the molecule is CC(C)n1cnnc1-c1cccc(N2C=C(N3CC4(COC4)C3)C(n3cnc(C4CC4)c3)=CC2)n1. The Labute approximate surface area is 204 Å². The largest absolute Gasteiger partial charge is 0.380 e. The van der Waals surface area contributed by atoms with Gasteiger partial charge in [-0.1, -0.05) is 6.07 Å². The molecule has 0 radical (unpaired) electrons. The van der Waals surface area contributed by atoms with Crippen molar-refractivity contribution in [2.24, 2.45) is 5.41 Å². The van der Waals surface area contributed by atoms with Crippen LogP contribution < -0.4 is 4.90 Å². The molecule has 3 aromatic heterocycles. The average molecular weight is 471 g/mol. The molecule has 0 bridgehead atoms. The zero-order valence-electron chi connectivity index (χ0n) is 20.2. The second-order valence-corrected chi connectivity index (χ2v) is 10.6. The van der Waals surface area contributed by atoms with Crippen LogP contribution in [0.3, 0.4) is 0 Å². The van der Waals surface area contributed by atoms with E-state index >= 15 is 0 Å². The van der Waals surface area contributed by atoms with Gasteiger partial charge in [0.1, 0.15) is 17.8 Å². The Bertz CT molecular complexity index is 1320. The maximum Gasteiger partial charge on any atom is 0.182 e. The summed E-state index contributed by atoms with van der Waals surface area (Å²) in [6, 6.07) is 6.38. The Morgan fingerprint density at radius 1 is 1.09 bits per heavy atom. The van der Waals surface area contributed by atoms with Gasteiger partial charge in [0.2, 0.25) is 0 Å². The number of hydrogen-bond donors (Lipinski definition) is 0. The van der Waals surface area contributed by atoms with Crippen molar-refractivity contribution in [2.45, 2.75) is 38.6 Å². The summed E-state index contributed by atoms with van der Waals surface area (Å²) in [5.74, 6) is 2.34. The van der Waals surface area contributed by atoms with Crippen LogP contribution in [0.1, 0.15) is 44.3 Å². The fraction of sp³-hybridized carbons (Fsp3) is 0.462. The molecule has 9 nitrogen and oxygen atoms in total. The maximum atomic E-state index is 5.52. The van der Waals surface area contributed by atoms with Crippen molar-refractivity contribution in [1.82, 2.24) is 34.2 Å². The molecule has 6 heterocycles. The van der Waals surface area contributed by atoms with Crippen LogP contribution >= 0.6 is 0 Å². The van der Waals surface area contributed by atoms with E-state index < -0.39 is 0 Å². The van der Waals surface area contributed by atoms with Crippen molar-refractivity contribution in [3.63, 3.8) is 0 Å². The van der Waals surface area contributed by atoms with Crippen LogP contribution in [-0.2, 0) is 4.74 Å². The zero-order valence-corrected chi connectivity index (χ0v) is 20.2. The summed E-state index contributed by atoms with van der Waals surface area (Å²) in [6.07, 6.45) is 13.0. The van der Waals surface area contributed by atoms with Crippen molar-refractivity contribution >= 4 is 11.5 Å². The third-order valence-corrected chi connectivity index (χ3v) is 7.50. The summed E-state index contributed by atoms with van der Waals surface area (Å²) in [5, 5.41) is 8.46. The van der Waals surface area contributed by atoms with Gasteiger partial charge in [-0.25, -0.2) is 9.97 Å². The van der Waals surface area contributed by atoms with Crippen molar-refractivity contribution < 1.29 is 4.74 Å². The van der Waals surface area contributed by atoms with Crippen LogP contribution in [0, 0.1) is 5.41 Å². The van der Waals surface area contributed by atoms with Crippen molar-refractivity contribution in [3.05, 3.63) is 60.7 Å². The van der Waals surface area contributed by atoms with E-state index in [0.717, 1.165) is 50.2 Å². The standard InChI is InChI=1S/C26H30N8O/c1-18(2)34-17-28-30-25(34)20-4-3-5-24(29-20)31-9-8-22(32-10-21(27-16-32)19-6-7-19)23(11-31)33-12-26(13-33)14-35-15-26/h3-5,8,10-11,16-19H,6-7,9,12-15H2,1-2H3. The van der Waals surface area contributed by atoms with Crippen LogP contribution in [-0.4, -0.2) is 67.0 Å². The number of ether oxygens (including phenoxy) is 1. The van der Waals surface area contributed by atoms with Crippen molar-refractivity contribution in [1.29, 1.82) is 0 Å². The molecule has 0 atom stereocenters. The molecule has 1 saturated carbocycles. The van der Waals surface area contributed by atoms with Crippen LogP contribution in [0.4, 0.5) is 5.82 Å². The molecule has 1 spiro atoms. The quantitative estimate of drug-likeness (QED) is 0.545. The van der Waals surface area contributed by atoms with Gasteiger partial charge in [-0.3, -0.25) is 0 Å². The molecule has 180 valence electrons. The Kier molecular flexibility index (Phi) is 4.64. The molecular formula is C26H30N8O. The van der Waals surface area contributed by atoms with E-state index in [-0.39, 0.29) is 6.04 Å². The molecule has 0 N–H and O–H groups in total. The minimum absolute atomic E-state index is 0.266. The summed E-state index contributed by atoms with van der Waals surface area (Å²) in [6.45, 7) is 8.79. The van der Waals surface area contributed by atoms with Gasteiger partial charge < -0.3 is 23.7 Å². The summed E-state index contributed by atoms with van der Waals surface area (Å²) >= 11 is 0. The second-order valence-electron chi connectivity index (χ2n) is 10.6. The van der Waals surface area contributed by atoms with Gasteiger partial charge in [-0.05, 0) is 44.9 Å². The number of nitrogens with zero attached hydrogens (tertiary/aromatic N) is 8. The van der Waals surface area contributed by atoms with Gasteiger partial charge in [-0.2, -0.15) is 0 Å². The summed E-state index contributed by atoms with van der Waals surface area (Å²) in [7, 11) is 0. The topological polar surface area (TPSA) is 77.1 Å². The number of allylic oxidation sites excluding steroid dienone is 1. The predicted molar refractivity (Wildman–Crippen MR) is 132 cm³/mol. The van der Waals surface area contributed by atoms with Crippen LogP contribution in [0.15, 0.2) is 55.0 Å². The van der Waals surface area contributed by atoms with Gasteiger partial charge in [0.25, 0.3) is 0 Å². The molecule has 1 aliphatic carbocycles. The van der Waals surface area contributed by atoms with E-state index in [9.17, 15) is 0 Å². The van der Waals surface area contributed by atoms with Gasteiger partial charge in [-0.15, -0.1) is 10.2 Å². The van der Waals surface area contributed by atoms with E-state index in [0.29, 0.717) is 11.3 Å². The minimum Gasteiger partial charge on any atom is -0.380 e. The molecule has 0 amide bonds. The number of imidazole rings is 1. The van der Waals surface area contributed by atoms with Crippen LogP contribution in [0.5, 0.6) is 0 Å². The second kappa shape index (κ2) is 7.78. The zero-order chi connectivity index (χ0) is 23.6. The van der Waals surface area contributed by atoms with E-state index in [4.69, 9.17) is 14.7 Å². The number of pyridine rings is 1. The fourth-order valence-electron chi connectivity index (χ4n) is 5.28. The summed E-state index contributed by atoms with van der Waals surface area (Å²) < 4.78 is 9.78. The first-order valence-electron chi connectivity index (χ1n) is 12.5. The van der Waals surface area contributed by atoms with Gasteiger partial charge in [0, 0.05) is 44.0 Å². The monoisotopic (exact) mass is 470 g/mol. The molecule has 0 unspecified atom stereocenters. The molecule has 3 fully saturated rings. The fourth-order valence-corrected chi connectivity index (χ4v) is 5.28. The lowest BCUT2D eigenvalue weighted by atomic mass is 9.77. The highest BCUT2D eigenvalue weighted by atomic mass is 16.5. The highest BCUT2D eigenvalue weighted by Crippen LogP contribution is 2.43. The Morgan fingerprint density at radius 3 is 2.69 bits per heavy atom. The first-order chi connectivity index (χ1) is 17.1. The van der Waals surface area contributed by atoms with Crippen molar-refractivity contribution in [3.8, 4) is 11.5 Å². The van der Waals surface area contributed by atoms with E-state index in [1.54, 1.807) is 6.33 Å². The summed E-state index contributed by atoms with van der Waals surface area (Å²) in [5.41, 5.74) is 4.79. The normalized spacial score (nSPS) is 21.1. The number of rotatable bonds is 6. The van der Waals surface area contributed by atoms with Crippen LogP contribution in [0.2, 0.25) is 0 Å². The Balaban J connectivity index is 1.21. The molecule has 0 aromatic carbocycles. The van der Waals surface area contributed by atoms with Gasteiger partial charge >= 0.3 is 0 Å². The molecule has 7 rings (SSSR count). The first-order valence-corrected chi connectivity index (χ1v) is 12.5. The highest BCUT2D eigenvalue weighted by molar-refractivity contribution is 5.70. The average Bonchev–Trinajstić information content (AvgIpc) is 3.33. The molecular weight excluding hydrogens is 440 g/mol. The maximum absolute atomic E-state index is 5.52. The third kappa shape index (κ3) is 3.56. The van der Waals surface area contributed by atoms with E-state index in [1.165, 1.54) is 29.9 Å². The van der Waals surface area contributed by atoms with Crippen molar-refractivity contribution in [2.75, 3.05) is 37.7 Å². The predicted octanol–water partition coefficient (Wildman–Crippen LogP) is 3.53. The molecule has 4 aliphatic rings. The molecule has 3 aliphatic heterocycles.